The molecule has 4 nitrogen and oxygen atoms in total. The third kappa shape index (κ3) is 5.52. The number of hydrogen-bond acceptors (Lipinski definition) is 4. The molecule has 1 N–H and O–H groups in total. The second-order valence-electron chi connectivity index (χ2n) is 5.25. The monoisotopic (exact) mass is 284 g/mol. The van der Waals surface area contributed by atoms with E-state index in [1.165, 1.54) is 5.56 Å². The minimum atomic E-state index is 0.924. The van der Waals surface area contributed by atoms with Crippen molar-refractivity contribution in [3.63, 3.8) is 0 Å². The number of nitrogens with one attached hydrogen (secondary N) is 1. The molecule has 2 aromatic rings. The molecule has 1 aromatic carbocycles. The van der Waals surface area contributed by atoms with Crippen LogP contribution in [0.1, 0.15) is 24.6 Å². The number of hydrogen-bond donors (Lipinski definition) is 1. The van der Waals surface area contributed by atoms with E-state index in [9.17, 15) is 0 Å². The molecule has 112 valence electrons. The molecule has 2 rings (SSSR count). The molecule has 4 heteroatoms. The summed E-state index contributed by atoms with van der Waals surface area (Å²) < 4.78 is 0. The van der Waals surface area contributed by atoms with Crippen LogP contribution >= 0.6 is 0 Å². The van der Waals surface area contributed by atoms with E-state index in [4.69, 9.17) is 0 Å². The molecule has 21 heavy (non-hydrogen) atoms. The highest BCUT2D eigenvalue weighted by Crippen LogP contribution is 2.05. The average molecular weight is 284 g/mol. The Morgan fingerprint density at radius 2 is 1.95 bits per heavy atom. The minimum absolute atomic E-state index is 0.924. The fourth-order valence-electron chi connectivity index (χ4n) is 2.23. The zero-order valence-electron chi connectivity index (χ0n) is 12.9. The molecule has 1 heterocycles. The van der Waals surface area contributed by atoms with Gasteiger partial charge in [0.1, 0.15) is 12.1 Å². The van der Waals surface area contributed by atoms with E-state index in [-0.39, 0.29) is 0 Å². The van der Waals surface area contributed by atoms with Crippen LogP contribution < -0.4 is 5.32 Å². The van der Waals surface area contributed by atoms with Crippen LogP contribution in [0.4, 0.5) is 5.82 Å². The highest BCUT2D eigenvalue weighted by Gasteiger charge is 2.00. The summed E-state index contributed by atoms with van der Waals surface area (Å²) in [6.07, 6.45) is 3.66. The number of rotatable bonds is 8. The van der Waals surface area contributed by atoms with Crippen LogP contribution in [-0.2, 0) is 13.0 Å². The Bertz CT molecular complexity index is 527. The van der Waals surface area contributed by atoms with E-state index >= 15 is 0 Å². The molecule has 0 unspecified atom stereocenters. The van der Waals surface area contributed by atoms with Gasteiger partial charge in [-0.2, -0.15) is 0 Å². The summed E-state index contributed by atoms with van der Waals surface area (Å²) >= 11 is 0. The van der Waals surface area contributed by atoms with Crippen LogP contribution in [0.25, 0.3) is 0 Å². The van der Waals surface area contributed by atoms with Gasteiger partial charge < -0.3 is 10.2 Å². The predicted octanol–water partition coefficient (Wildman–Crippen LogP) is 2.97. The third-order valence-electron chi connectivity index (χ3n) is 3.40. The van der Waals surface area contributed by atoms with Crippen LogP contribution in [0.3, 0.4) is 0 Å². The van der Waals surface area contributed by atoms with Gasteiger partial charge in [0.25, 0.3) is 0 Å². The zero-order valence-corrected chi connectivity index (χ0v) is 12.9. The first kappa shape index (κ1) is 15.4. The molecule has 0 spiro atoms. The lowest BCUT2D eigenvalue weighted by molar-refractivity contribution is 0.325. The maximum Gasteiger partial charge on any atom is 0.129 e. The predicted molar refractivity (Wildman–Crippen MR) is 87.3 cm³/mol. The molecule has 0 aliphatic rings. The largest absolute Gasteiger partial charge is 0.370 e. The van der Waals surface area contributed by atoms with Crippen LogP contribution in [0.2, 0.25) is 0 Å². The number of nitrogens with zero attached hydrogens (tertiary/aromatic N) is 3. The molecule has 0 amide bonds. The molecule has 0 bridgehead atoms. The number of anilines is 1. The Kier molecular flexibility index (Phi) is 6.16. The molecule has 0 saturated heterocycles. The summed E-state index contributed by atoms with van der Waals surface area (Å²) in [7, 11) is 2.16. The average Bonchev–Trinajstić information content (AvgIpc) is 2.53. The van der Waals surface area contributed by atoms with Crippen LogP contribution in [0.5, 0.6) is 0 Å². The van der Waals surface area contributed by atoms with Crippen LogP contribution in [-0.4, -0.2) is 35.0 Å². The quantitative estimate of drug-likeness (QED) is 0.757. The molecular weight excluding hydrogens is 260 g/mol. The number of benzene rings is 1. The van der Waals surface area contributed by atoms with Gasteiger partial charge >= 0.3 is 0 Å². The maximum absolute atomic E-state index is 4.24. The van der Waals surface area contributed by atoms with Crippen molar-refractivity contribution < 1.29 is 0 Å². The lowest BCUT2D eigenvalue weighted by atomic mass is 10.2. The second kappa shape index (κ2) is 8.37. The maximum atomic E-state index is 4.24. The lowest BCUT2D eigenvalue weighted by Gasteiger charge is -2.16. The molecule has 0 radical (unpaired) electrons. The topological polar surface area (TPSA) is 41.0 Å². The van der Waals surface area contributed by atoms with Crippen LogP contribution in [0.15, 0.2) is 42.7 Å². The fourth-order valence-corrected chi connectivity index (χ4v) is 2.23. The van der Waals surface area contributed by atoms with Crippen molar-refractivity contribution in [3.8, 4) is 0 Å². The summed E-state index contributed by atoms with van der Waals surface area (Å²) in [4.78, 5) is 10.8. The Hall–Kier alpha value is -1.94. The molecule has 0 aliphatic heterocycles. The van der Waals surface area contributed by atoms with Crippen molar-refractivity contribution in [3.05, 3.63) is 54.0 Å². The van der Waals surface area contributed by atoms with Crippen molar-refractivity contribution in [2.75, 3.05) is 25.5 Å². The summed E-state index contributed by atoms with van der Waals surface area (Å²) in [5.74, 6) is 0.924. The fraction of sp³-hybridized carbons (Fsp3) is 0.412. The molecular formula is C17H24N4. The van der Waals surface area contributed by atoms with Gasteiger partial charge in [-0.1, -0.05) is 37.3 Å². The molecule has 0 fully saturated rings. The molecule has 0 aliphatic carbocycles. The summed E-state index contributed by atoms with van der Waals surface area (Å²) in [6, 6.07) is 12.6. The van der Waals surface area contributed by atoms with E-state index in [0.29, 0.717) is 0 Å². The Balaban J connectivity index is 1.67. The second-order valence-corrected chi connectivity index (χ2v) is 5.25. The first-order valence-electron chi connectivity index (χ1n) is 7.55. The van der Waals surface area contributed by atoms with Crippen molar-refractivity contribution in [2.45, 2.75) is 26.3 Å². The normalized spacial score (nSPS) is 10.8. The summed E-state index contributed by atoms with van der Waals surface area (Å²) in [5, 5.41) is 3.36. The number of aromatic nitrogens is 2. The lowest BCUT2D eigenvalue weighted by Crippen LogP contribution is -2.21. The van der Waals surface area contributed by atoms with Gasteiger partial charge in [-0.05, 0) is 32.0 Å². The zero-order chi connectivity index (χ0) is 14.9. The van der Waals surface area contributed by atoms with Crippen molar-refractivity contribution in [1.82, 2.24) is 14.9 Å². The SMILES string of the molecule is CCc1cc(NCCCN(C)Cc2ccccc2)ncn1. The van der Waals surface area contributed by atoms with Gasteiger partial charge in [0.2, 0.25) is 0 Å². The Morgan fingerprint density at radius 1 is 1.14 bits per heavy atom. The van der Waals surface area contributed by atoms with E-state index in [1.807, 2.05) is 6.07 Å². The Morgan fingerprint density at radius 3 is 2.71 bits per heavy atom. The first-order chi connectivity index (χ1) is 10.3. The van der Waals surface area contributed by atoms with Gasteiger partial charge in [-0.3, -0.25) is 0 Å². The van der Waals surface area contributed by atoms with E-state index in [1.54, 1.807) is 6.33 Å². The summed E-state index contributed by atoms with van der Waals surface area (Å²) in [5.41, 5.74) is 2.44. The van der Waals surface area contributed by atoms with Crippen LogP contribution in [0, 0.1) is 0 Å². The van der Waals surface area contributed by atoms with Gasteiger partial charge in [0.15, 0.2) is 0 Å². The molecule has 0 atom stereocenters. The Labute approximate surface area is 127 Å². The number of aryl methyl sites for hydroxylation is 1. The first-order valence-corrected chi connectivity index (χ1v) is 7.55. The van der Waals surface area contributed by atoms with E-state index in [2.05, 4.69) is 64.5 Å². The smallest absolute Gasteiger partial charge is 0.129 e. The van der Waals surface area contributed by atoms with Gasteiger partial charge in [-0.25, -0.2) is 9.97 Å². The van der Waals surface area contributed by atoms with Gasteiger partial charge in [0, 0.05) is 24.8 Å². The van der Waals surface area contributed by atoms with Crippen molar-refractivity contribution in [1.29, 1.82) is 0 Å². The van der Waals surface area contributed by atoms with E-state index in [0.717, 1.165) is 44.0 Å². The molecule has 1 aromatic heterocycles. The highest BCUT2D eigenvalue weighted by molar-refractivity contribution is 5.34. The van der Waals surface area contributed by atoms with Gasteiger partial charge in [0.05, 0.1) is 0 Å². The highest BCUT2D eigenvalue weighted by atomic mass is 15.1. The third-order valence-corrected chi connectivity index (χ3v) is 3.40. The van der Waals surface area contributed by atoms with Crippen molar-refractivity contribution in [2.24, 2.45) is 0 Å². The minimum Gasteiger partial charge on any atom is -0.370 e. The van der Waals surface area contributed by atoms with Gasteiger partial charge in [-0.15, -0.1) is 0 Å². The standard InChI is InChI=1S/C17H24N4/c1-3-16-12-17(20-14-19-16)18-10-7-11-21(2)13-15-8-5-4-6-9-15/h4-6,8-9,12,14H,3,7,10-11,13H2,1-2H3,(H,18,19,20). The molecule has 0 saturated carbocycles. The van der Waals surface area contributed by atoms with Crippen molar-refractivity contribution >= 4 is 5.82 Å². The van der Waals surface area contributed by atoms with E-state index < -0.39 is 0 Å². The summed E-state index contributed by atoms with van der Waals surface area (Å²) in [6.45, 7) is 5.09.